The lowest BCUT2D eigenvalue weighted by Gasteiger charge is -2.20. The Bertz CT molecular complexity index is 575. The quantitative estimate of drug-likeness (QED) is 0.934. The molecule has 0 fully saturated rings. The van der Waals surface area contributed by atoms with Crippen LogP contribution in [0.3, 0.4) is 0 Å². The molecular formula is C14H14Cl2N2O. The normalized spacial score (nSPS) is 12.2. The van der Waals surface area contributed by atoms with Crippen molar-refractivity contribution in [2.45, 2.75) is 6.04 Å². The summed E-state index contributed by atoms with van der Waals surface area (Å²) < 4.78 is 5.29. The van der Waals surface area contributed by atoms with E-state index in [2.05, 4.69) is 10.3 Å². The minimum atomic E-state index is -0.130. The number of pyridine rings is 1. The van der Waals surface area contributed by atoms with E-state index < -0.39 is 0 Å². The number of halogens is 2. The molecule has 5 heteroatoms. The topological polar surface area (TPSA) is 34.2 Å². The van der Waals surface area contributed by atoms with Crippen LogP contribution in [0.25, 0.3) is 0 Å². The Balaban J connectivity index is 2.53. The molecule has 1 aromatic heterocycles. The standard InChI is InChI=1S/C14H14Cl2N2O/c1-17-13(10-4-3-7-18-14(10)19-2)11-8-9(15)5-6-12(11)16/h3-8,13,17H,1-2H3. The van der Waals surface area contributed by atoms with E-state index in [1.165, 1.54) is 0 Å². The first-order valence-corrected chi connectivity index (χ1v) is 6.54. The number of rotatable bonds is 4. The van der Waals surface area contributed by atoms with E-state index in [1.54, 1.807) is 25.4 Å². The van der Waals surface area contributed by atoms with E-state index >= 15 is 0 Å². The van der Waals surface area contributed by atoms with Gasteiger partial charge in [0, 0.05) is 21.8 Å². The van der Waals surface area contributed by atoms with Crippen molar-refractivity contribution in [1.82, 2.24) is 10.3 Å². The van der Waals surface area contributed by atoms with Crippen LogP contribution in [0.1, 0.15) is 17.2 Å². The molecule has 1 atom stereocenters. The molecule has 1 aromatic carbocycles. The van der Waals surface area contributed by atoms with Crippen molar-refractivity contribution in [2.24, 2.45) is 0 Å². The molecule has 100 valence electrons. The summed E-state index contributed by atoms with van der Waals surface area (Å²) in [5.74, 6) is 0.567. The second-order valence-electron chi connectivity index (χ2n) is 3.99. The number of hydrogen-bond donors (Lipinski definition) is 1. The lowest BCUT2D eigenvalue weighted by molar-refractivity contribution is 0.388. The Morgan fingerprint density at radius 2 is 2.00 bits per heavy atom. The van der Waals surface area contributed by atoms with Crippen molar-refractivity contribution in [1.29, 1.82) is 0 Å². The predicted molar refractivity (Wildman–Crippen MR) is 78.2 cm³/mol. The summed E-state index contributed by atoms with van der Waals surface area (Å²) in [5.41, 5.74) is 1.81. The van der Waals surface area contributed by atoms with Crippen molar-refractivity contribution in [3.63, 3.8) is 0 Å². The number of hydrogen-bond acceptors (Lipinski definition) is 3. The SMILES string of the molecule is CNC(c1cc(Cl)ccc1Cl)c1cccnc1OC. The summed E-state index contributed by atoms with van der Waals surface area (Å²) >= 11 is 12.3. The lowest BCUT2D eigenvalue weighted by atomic mass is 10.00. The first-order chi connectivity index (χ1) is 9.17. The van der Waals surface area contributed by atoms with Crippen LogP contribution < -0.4 is 10.1 Å². The maximum Gasteiger partial charge on any atom is 0.218 e. The third-order valence-corrected chi connectivity index (χ3v) is 3.44. The fraction of sp³-hybridized carbons (Fsp3) is 0.214. The van der Waals surface area contributed by atoms with Crippen LogP contribution in [0, 0.1) is 0 Å². The van der Waals surface area contributed by atoms with Crippen LogP contribution in [-0.2, 0) is 0 Å². The molecule has 0 aliphatic heterocycles. The summed E-state index contributed by atoms with van der Waals surface area (Å²) in [6.07, 6.45) is 1.69. The molecule has 19 heavy (non-hydrogen) atoms. The Labute approximate surface area is 122 Å². The average Bonchev–Trinajstić information content (AvgIpc) is 2.44. The highest BCUT2D eigenvalue weighted by Gasteiger charge is 2.19. The van der Waals surface area contributed by atoms with Gasteiger partial charge in [0.25, 0.3) is 0 Å². The fourth-order valence-corrected chi connectivity index (χ4v) is 2.42. The molecule has 0 aliphatic carbocycles. The monoisotopic (exact) mass is 296 g/mol. The van der Waals surface area contributed by atoms with Gasteiger partial charge >= 0.3 is 0 Å². The van der Waals surface area contributed by atoms with Crippen molar-refractivity contribution in [3.8, 4) is 5.88 Å². The van der Waals surface area contributed by atoms with Gasteiger partial charge in [-0.15, -0.1) is 0 Å². The van der Waals surface area contributed by atoms with Gasteiger partial charge in [-0.2, -0.15) is 0 Å². The Hall–Kier alpha value is -1.29. The lowest BCUT2D eigenvalue weighted by Crippen LogP contribution is -2.19. The highest BCUT2D eigenvalue weighted by molar-refractivity contribution is 6.33. The van der Waals surface area contributed by atoms with Crippen LogP contribution in [0.5, 0.6) is 5.88 Å². The number of ether oxygens (including phenoxy) is 1. The predicted octanol–water partition coefficient (Wildman–Crippen LogP) is 3.71. The Morgan fingerprint density at radius 1 is 1.21 bits per heavy atom. The van der Waals surface area contributed by atoms with E-state index in [4.69, 9.17) is 27.9 Å². The number of nitrogens with one attached hydrogen (secondary N) is 1. The second-order valence-corrected chi connectivity index (χ2v) is 4.83. The molecule has 0 amide bonds. The molecule has 2 aromatic rings. The van der Waals surface area contributed by atoms with Gasteiger partial charge in [-0.25, -0.2) is 4.98 Å². The zero-order valence-electron chi connectivity index (χ0n) is 10.7. The van der Waals surface area contributed by atoms with Gasteiger partial charge in [-0.3, -0.25) is 0 Å². The zero-order chi connectivity index (χ0) is 13.8. The maximum absolute atomic E-state index is 6.26. The highest BCUT2D eigenvalue weighted by Crippen LogP contribution is 2.33. The van der Waals surface area contributed by atoms with Gasteiger partial charge in [0.1, 0.15) is 0 Å². The average molecular weight is 297 g/mol. The van der Waals surface area contributed by atoms with Crippen LogP contribution in [0.4, 0.5) is 0 Å². The van der Waals surface area contributed by atoms with Gasteiger partial charge in [0.2, 0.25) is 5.88 Å². The molecule has 0 bridgehead atoms. The molecule has 0 spiro atoms. The molecular weight excluding hydrogens is 283 g/mol. The maximum atomic E-state index is 6.26. The molecule has 0 saturated carbocycles. The largest absolute Gasteiger partial charge is 0.481 e. The van der Waals surface area contributed by atoms with Crippen molar-refractivity contribution >= 4 is 23.2 Å². The molecule has 1 N–H and O–H groups in total. The van der Waals surface area contributed by atoms with E-state index in [0.717, 1.165) is 11.1 Å². The summed E-state index contributed by atoms with van der Waals surface area (Å²) in [4.78, 5) is 4.21. The van der Waals surface area contributed by atoms with Gasteiger partial charge in [-0.1, -0.05) is 29.3 Å². The van der Waals surface area contributed by atoms with Crippen LogP contribution >= 0.6 is 23.2 Å². The molecule has 0 saturated heterocycles. The second kappa shape index (κ2) is 6.24. The number of methoxy groups -OCH3 is 1. The molecule has 0 radical (unpaired) electrons. The third kappa shape index (κ3) is 3.00. The van der Waals surface area contributed by atoms with Gasteiger partial charge in [-0.05, 0) is 36.9 Å². The highest BCUT2D eigenvalue weighted by atomic mass is 35.5. The first kappa shape index (κ1) is 14.1. The smallest absolute Gasteiger partial charge is 0.218 e. The third-order valence-electron chi connectivity index (χ3n) is 2.86. The molecule has 1 unspecified atom stereocenters. The van der Waals surface area contributed by atoms with Crippen molar-refractivity contribution in [3.05, 3.63) is 57.7 Å². The van der Waals surface area contributed by atoms with Gasteiger partial charge in [0.15, 0.2) is 0 Å². The van der Waals surface area contributed by atoms with Gasteiger partial charge < -0.3 is 10.1 Å². The van der Waals surface area contributed by atoms with E-state index in [-0.39, 0.29) is 6.04 Å². The Kier molecular flexibility index (Phi) is 4.64. The Morgan fingerprint density at radius 3 is 2.68 bits per heavy atom. The molecule has 1 heterocycles. The first-order valence-electron chi connectivity index (χ1n) is 5.78. The van der Waals surface area contributed by atoms with Crippen molar-refractivity contribution in [2.75, 3.05) is 14.2 Å². The zero-order valence-corrected chi connectivity index (χ0v) is 12.2. The summed E-state index contributed by atoms with van der Waals surface area (Å²) in [6.45, 7) is 0. The minimum Gasteiger partial charge on any atom is -0.481 e. The summed E-state index contributed by atoms with van der Waals surface area (Å²) in [6, 6.07) is 9.07. The van der Waals surface area contributed by atoms with E-state index in [0.29, 0.717) is 15.9 Å². The number of benzene rings is 1. The molecule has 0 aliphatic rings. The molecule has 2 rings (SSSR count). The van der Waals surface area contributed by atoms with Crippen LogP contribution in [0.15, 0.2) is 36.5 Å². The van der Waals surface area contributed by atoms with Gasteiger partial charge in [0.05, 0.1) is 13.2 Å². The van der Waals surface area contributed by atoms with E-state index in [9.17, 15) is 0 Å². The van der Waals surface area contributed by atoms with Crippen molar-refractivity contribution < 1.29 is 4.74 Å². The summed E-state index contributed by atoms with van der Waals surface area (Å²) in [7, 11) is 3.45. The van der Waals surface area contributed by atoms with Crippen LogP contribution in [0.2, 0.25) is 10.0 Å². The molecule has 3 nitrogen and oxygen atoms in total. The number of nitrogens with zero attached hydrogens (tertiary/aromatic N) is 1. The fourth-order valence-electron chi connectivity index (χ4n) is 2.01. The summed E-state index contributed by atoms with van der Waals surface area (Å²) in [5, 5.41) is 4.50. The minimum absolute atomic E-state index is 0.130. The van der Waals surface area contributed by atoms with Crippen LogP contribution in [-0.4, -0.2) is 19.1 Å². The van der Waals surface area contributed by atoms with E-state index in [1.807, 2.05) is 25.2 Å². The number of aromatic nitrogens is 1.